The largest absolute Gasteiger partial charge is 0.396 e. The van der Waals surface area contributed by atoms with Crippen molar-refractivity contribution in [2.45, 2.75) is 135 Å². The molecule has 0 bridgehead atoms. The minimum atomic E-state index is -3.03. The van der Waals surface area contributed by atoms with Crippen LogP contribution in [0.25, 0.3) is 0 Å². The smallest absolute Gasteiger partial charge is 0.331 e. The second-order valence-electron chi connectivity index (χ2n) is 10.4. The van der Waals surface area contributed by atoms with Gasteiger partial charge in [0, 0.05) is 11.9 Å². The van der Waals surface area contributed by atoms with Gasteiger partial charge < -0.3 is 14.2 Å². The van der Waals surface area contributed by atoms with E-state index in [9.17, 15) is 4.57 Å². The average Bonchev–Trinajstić information content (AvgIpc) is 2.91. The number of aliphatic hydroxyl groups excluding tert-OH is 1. The molecular formula is C31H56BrO4P. The predicted octanol–water partition coefficient (Wildman–Crippen LogP) is 10.6. The number of benzene rings is 1. The second-order valence-corrected chi connectivity index (χ2v) is 13.4. The molecule has 216 valence electrons. The van der Waals surface area contributed by atoms with E-state index in [1.165, 1.54) is 109 Å². The quantitative estimate of drug-likeness (QED) is 0.0588. The molecule has 0 spiro atoms. The van der Waals surface area contributed by atoms with Crippen molar-refractivity contribution in [1.82, 2.24) is 0 Å². The third-order valence-corrected chi connectivity index (χ3v) is 9.85. The zero-order valence-corrected chi connectivity index (χ0v) is 26.0. The molecule has 0 aliphatic heterocycles. The normalized spacial score (nSPS) is 13.1. The second kappa shape index (κ2) is 26.1. The molecular weight excluding hydrogens is 547 g/mol. The van der Waals surface area contributed by atoms with Gasteiger partial charge in [-0.3, -0.25) is 4.57 Å². The van der Waals surface area contributed by atoms with E-state index >= 15 is 0 Å². The predicted molar refractivity (Wildman–Crippen MR) is 163 cm³/mol. The zero-order valence-electron chi connectivity index (χ0n) is 23.6. The van der Waals surface area contributed by atoms with Crippen LogP contribution in [0.4, 0.5) is 0 Å². The van der Waals surface area contributed by atoms with Gasteiger partial charge in [-0.2, -0.15) is 0 Å². The number of hydrogen-bond acceptors (Lipinski definition) is 4. The van der Waals surface area contributed by atoms with Gasteiger partial charge in [-0.25, -0.2) is 0 Å². The van der Waals surface area contributed by atoms with Crippen LogP contribution in [-0.2, 0) is 20.2 Å². The van der Waals surface area contributed by atoms with Crippen LogP contribution in [0.2, 0.25) is 0 Å². The topological polar surface area (TPSA) is 55.8 Å². The third kappa shape index (κ3) is 22.3. The van der Waals surface area contributed by atoms with Gasteiger partial charge in [0.05, 0.1) is 19.4 Å². The number of unbranched alkanes of at least 4 members (excludes halogenated alkanes) is 19. The third-order valence-electron chi connectivity index (χ3n) is 6.97. The number of hydrogen-bond donors (Lipinski definition) is 1. The maximum Gasteiger partial charge on any atom is 0.331 e. The summed E-state index contributed by atoms with van der Waals surface area (Å²) in [5.41, 5.74) is 1.02. The van der Waals surface area contributed by atoms with Gasteiger partial charge in [0.15, 0.2) is 0 Å². The highest BCUT2D eigenvalue weighted by molar-refractivity contribution is 9.09. The number of halogens is 1. The Morgan fingerprint density at radius 3 is 1.41 bits per heavy atom. The van der Waals surface area contributed by atoms with E-state index in [0.29, 0.717) is 31.3 Å². The van der Waals surface area contributed by atoms with Crippen molar-refractivity contribution >= 4 is 23.5 Å². The molecule has 0 heterocycles. The maximum atomic E-state index is 12.9. The van der Waals surface area contributed by atoms with Crippen molar-refractivity contribution in [1.29, 1.82) is 0 Å². The lowest BCUT2D eigenvalue weighted by Crippen LogP contribution is -2.03. The van der Waals surface area contributed by atoms with Gasteiger partial charge >= 0.3 is 7.60 Å². The lowest BCUT2D eigenvalue weighted by Gasteiger charge is -2.18. The van der Waals surface area contributed by atoms with E-state index in [1.807, 2.05) is 30.3 Å². The van der Waals surface area contributed by atoms with E-state index in [2.05, 4.69) is 15.9 Å². The van der Waals surface area contributed by atoms with Crippen LogP contribution >= 0.6 is 23.5 Å². The molecule has 0 amide bonds. The Morgan fingerprint density at radius 1 is 0.595 bits per heavy atom. The summed E-state index contributed by atoms with van der Waals surface area (Å²) in [5.74, 6) is 0. The van der Waals surface area contributed by atoms with Crippen molar-refractivity contribution in [3.63, 3.8) is 0 Å². The molecule has 0 saturated carbocycles. The first kappa shape index (κ1) is 34.8. The molecule has 0 radical (unpaired) electrons. The molecule has 6 heteroatoms. The van der Waals surface area contributed by atoms with Crippen LogP contribution in [-0.4, -0.2) is 29.8 Å². The monoisotopic (exact) mass is 602 g/mol. The Morgan fingerprint density at radius 2 is 1.00 bits per heavy atom. The highest BCUT2D eigenvalue weighted by Gasteiger charge is 2.23. The standard InChI is InChI=1S/C31H56BrO4P/c32-26-29-37(34,36-30-31-24-20-19-21-25-31)35-28-23-18-16-14-12-10-8-6-4-2-1-3-5-7-9-11-13-15-17-22-27-33/h19-21,24-25,33H,1-18,22-23,26-30H2. The Hall–Kier alpha value is -0.190. The van der Waals surface area contributed by atoms with Crippen LogP contribution < -0.4 is 0 Å². The fraction of sp³-hybridized carbons (Fsp3) is 0.806. The molecule has 1 aromatic carbocycles. The number of rotatable bonds is 28. The summed E-state index contributed by atoms with van der Waals surface area (Å²) in [4.78, 5) is 0. The molecule has 1 unspecified atom stereocenters. The number of alkyl halides is 1. The molecule has 1 aromatic rings. The molecule has 4 nitrogen and oxygen atoms in total. The van der Waals surface area contributed by atoms with Crippen LogP contribution in [0.5, 0.6) is 0 Å². The van der Waals surface area contributed by atoms with Gasteiger partial charge in [0.1, 0.15) is 0 Å². The van der Waals surface area contributed by atoms with Crippen LogP contribution in [0.15, 0.2) is 30.3 Å². The van der Waals surface area contributed by atoms with Gasteiger partial charge in [0.2, 0.25) is 0 Å². The van der Waals surface area contributed by atoms with E-state index in [0.717, 1.165) is 24.8 Å². The van der Waals surface area contributed by atoms with Crippen molar-refractivity contribution in [3.8, 4) is 0 Å². The summed E-state index contributed by atoms with van der Waals surface area (Å²) in [6.45, 7) is 1.21. The fourth-order valence-corrected chi connectivity index (χ4v) is 7.21. The van der Waals surface area contributed by atoms with E-state index in [-0.39, 0.29) is 0 Å². The van der Waals surface area contributed by atoms with Gasteiger partial charge in [-0.1, -0.05) is 162 Å². The summed E-state index contributed by atoms with van der Waals surface area (Å²) in [5, 5.41) is 9.39. The summed E-state index contributed by atoms with van der Waals surface area (Å²) in [6.07, 6.45) is 26.6. The summed E-state index contributed by atoms with van der Waals surface area (Å²) in [6, 6.07) is 9.85. The number of aliphatic hydroxyl groups is 1. The molecule has 0 aliphatic rings. The van der Waals surface area contributed by atoms with Gasteiger partial charge in [0.25, 0.3) is 0 Å². The Kier molecular flexibility index (Phi) is 24.5. The first-order valence-electron chi connectivity index (χ1n) is 15.3. The van der Waals surface area contributed by atoms with E-state index < -0.39 is 7.60 Å². The Balaban J connectivity index is 1.83. The van der Waals surface area contributed by atoms with Crippen LogP contribution in [0.1, 0.15) is 134 Å². The SMILES string of the molecule is O=P(CCBr)(OCCCCCCCCCCCCCCCCCCCCCCO)OCc1ccccc1. The molecule has 1 atom stereocenters. The minimum Gasteiger partial charge on any atom is -0.396 e. The highest BCUT2D eigenvalue weighted by atomic mass is 79.9. The zero-order chi connectivity index (χ0) is 26.7. The van der Waals surface area contributed by atoms with Gasteiger partial charge in [-0.05, 0) is 18.4 Å². The van der Waals surface area contributed by atoms with Crippen molar-refractivity contribution in [2.24, 2.45) is 0 Å². The summed E-state index contributed by atoms with van der Waals surface area (Å²) in [7, 11) is -3.03. The molecule has 0 fully saturated rings. The van der Waals surface area contributed by atoms with Crippen LogP contribution in [0, 0.1) is 0 Å². The van der Waals surface area contributed by atoms with Crippen molar-refractivity contribution in [2.75, 3.05) is 24.7 Å². The van der Waals surface area contributed by atoms with Gasteiger partial charge in [-0.15, -0.1) is 0 Å². The lowest BCUT2D eigenvalue weighted by atomic mass is 10.0. The highest BCUT2D eigenvalue weighted by Crippen LogP contribution is 2.49. The molecule has 1 N–H and O–H groups in total. The average molecular weight is 604 g/mol. The molecule has 37 heavy (non-hydrogen) atoms. The lowest BCUT2D eigenvalue weighted by molar-refractivity contribution is 0.195. The molecule has 1 rings (SSSR count). The summed E-state index contributed by atoms with van der Waals surface area (Å²) >= 11 is 3.38. The Bertz CT molecular complexity index is 643. The Labute approximate surface area is 237 Å². The first-order chi connectivity index (χ1) is 18.2. The maximum absolute atomic E-state index is 12.9. The molecule has 0 aromatic heterocycles. The van der Waals surface area contributed by atoms with E-state index in [4.69, 9.17) is 14.2 Å². The molecule has 0 saturated heterocycles. The first-order valence-corrected chi connectivity index (χ1v) is 18.1. The summed E-state index contributed by atoms with van der Waals surface area (Å²) < 4.78 is 24.3. The van der Waals surface area contributed by atoms with E-state index in [1.54, 1.807) is 0 Å². The van der Waals surface area contributed by atoms with Crippen molar-refractivity contribution < 1.29 is 18.7 Å². The minimum absolute atomic E-state index is 0.332. The van der Waals surface area contributed by atoms with Crippen LogP contribution in [0.3, 0.4) is 0 Å². The van der Waals surface area contributed by atoms with Crippen molar-refractivity contribution in [3.05, 3.63) is 35.9 Å². The molecule has 0 aliphatic carbocycles. The fourth-order valence-electron chi connectivity index (χ4n) is 4.62.